The smallest absolute Gasteiger partial charge is 0.129 e. The zero-order valence-corrected chi connectivity index (χ0v) is 11.8. The minimum absolute atomic E-state index is 0.109. The van der Waals surface area contributed by atoms with Crippen LogP contribution in [0.3, 0.4) is 0 Å². The number of hydrogen-bond donors (Lipinski definition) is 2. The van der Waals surface area contributed by atoms with E-state index >= 15 is 0 Å². The first-order chi connectivity index (χ1) is 10.0. The summed E-state index contributed by atoms with van der Waals surface area (Å²) in [6.45, 7) is 1.08. The summed E-state index contributed by atoms with van der Waals surface area (Å²) in [4.78, 5) is 0. The normalized spacial score (nSPS) is 11.7. The Hall–Kier alpha value is -1.78. The van der Waals surface area contributed by atoms with Crippen LogP contribution in [0.15, 0.2) is 42.5 Å². The number of hydrogen-bond acceptors (Lipinski definition) is 2. The van der Waals surface area contributed by atoms with Gasteiger partial charge in [0.15, 0.2) is 0 Å². The molecule has 112 valence electrons. The average Bonchev–Trinajstić information content (AvgIpc) is 2.48. The van der Waals surface area contributed by atoms with Crippen molar-refractivity contribution in [3.8, 4) is 0 Å². The second-order valence-electron chi connectivity index (χ2n) is 5.34. The number of halogens is 2. The fourth-order valence-corrected chi connectivity index (χ4v) is 2.46. The van der Waals surface area contributed by atoms with Gasteiger partial charge in [-0.15, -0.1) is 0 Å². The van der Waals surface area contributed by atoms with Crippen molar-refractivity contribution >= 4 is 0 Å². The SMILES string of the molecule is Cc1cccc(C(CO)(CO)Cc2c(F)cccc2F)c1. The van der Waals surface area contributed by atoms with Crippen molar-refractivity contribution in [2.75, 3.05) is 13.2 Å². The van der Waals surface area contributed by atoms with Gasteiger partial charge in [-0.3, -0.25) is 0 Å². The maximum Gasteiger partial charge on any atom is 0.129 e. The van der Waals surface area contributed by atoms with Crippen LogP contribution in [0.4, 0.5) is 8.78 Å². The van der Waals surface area contributed by atoms with E-state index in [4.69, 9.17) is 0 Å². The van der Waals surface area contributed by atoms with E-state index < -0.39 is 30.3 Å². The summed E-state index contributed by atoms with van der Waals surface area (Å²) in [7, 11) is 0. The highest BCUT2D eigenvalue weighted by Crippen LogP contribution is 2.30. The van der Waals surface area contributed by atoms with Crippen molar-refractivity contribution < 1.29 is 19.0 Å². The predicted molar refractivity (Wildman–Crippen MR) is 77.1 cm³/mol. The zero-order valence-electron chi connectivity index (χ0n) is 11.8. The van der Waals surface area contributed by atoms with E-state index in [9.17, 15) is 19.0 Å². The quantitative estimate of drug-likeness (QED) is 0.889. The molecule has 2 aromatic rings. The monoisotopic (exact) mass is 292 g/mol. The van der Waals surface area contributed by atoms with Gasteiger partial charge in [0.25, 0.3) is 0 Å². The van der Waals surface area contributed by atoms with Crippen LogP contribution in [0.25, 0.3) is 0 Å². The number of benzene rings is 2. The van der Waals surface area contributed by atoms with Crippen molar-refractivity contribution in [2.24, 2.45) is 0 Å². The van der Waals surface area contributed by atoms with Gasteiger partial charge < -0.3 is 10.2 Å². The summed E-state index contributed by atoms with van der Waals surface area (Å²) >= 11 is 0. The minimum Gasteiger partial charge on any atom is -0.395 e. The Labute approximate surface area is 122 Å². The molecule has 2 aromatic carbocycles. The van der Waals surface area contributed by atoms with Crippen LogP contribution in [0.5, 0.6) is 0 Å². The van der Waals surface area contributed by atoms with Gasteiger partial charge in [-0.25, -0.2) is 8.78 Å². The maximum atomic E-state index is 13.8. The summed E-state index contributed by atoms with van der Waals surface area (Å²) in [6, 6.07) is 10.9. The van der Waals surface area contributed by atoms with Crippen LogP contribution in [-0.2, 0) is 11.8 Å². The molecule has 21 heavy (non-hydrogen) atoms. The molecular formula is C17H18F2O2. The Morgan fingerprint density at radius 1 is 0.952 bits per heavy atom. The van der Waals surface area contributed by atoms with E-state index in [0.29, 0.717) is 5.56 Å². The Balaban J connectivity index is 2.48. The summed E-state index contributed by atoms with van der Waals surface area (Å²) in [5.41, 5.74) is 0.375. The fourth-order valence-electron chi connectivity index (χ4n) is 2.46. The van der Waals surface area contributed by atoms with E-state index in [1.54, 1.807) is 12.1 Å². The van der Waals surface area contributed by atoms with Crippen LogP contribution >= 0.6 is 0 Å². The third-order valence-electron chi connectivity index (χ3n) is 3.81. The standard InChI is InChI=1S/C17H18F2O2/c1-12-4-2-5-13(8-12)17(10-20,11-21)9-14-15(18)6-3-7-16(14)19/h2-8,20-21H,9-11H2,1H3. The average molecular weight is 292 g/mol. The maximum absolute atomic E-state index is 13.8. The Morgan fingerprint density at radius 3 is 2.05 bits per heavy atom. The summed E-state index contributed by atoms with van der Waals surface area (Å²) in [5, 5.41) is 19.5. The van der Waals surface area contributed by atoms with Crippen LogP contribution in [-0.4, -0.2) is 23.4 Å². The van der Waals surface area contributed by atoms with Gasteiger partial charge in [-0.05, 0) is 31.0 Å². The third kappa shape index (κ3) is 3.12. The third-order valence-corrected chi connectivity index (χ3v) is 3.81. The van der Waals surface area contributed by atoms with Gasteiger partial charge >= 0.3 is 0 Å². The van der Waals surface area contributed by atoms with Crippen LogP contribution in [0.1, 0.15) is 16.7 Å². The topological polar surface area (TPSA) is 40.5 Å². The van der Waals surface area contributed by atoms with E-state index in [2.05, 4.69) is 0 Å². The van der Waals surface area contributed by atoms with Gasteiger partial charge in [-0.2, -0.15) is 0 Å². The molecule has 0 heterocycles. The lowest BCUT2D eigenvalue weighted by atomic mass is 9.76. The zero-order chi connectivity index (χ0) is 15.5. The molecule has 0 radical (unpaired) electrons. The highest BCUT2D eigenvalue weighted by molar-refractivity contribution is 5.33. The predicted octanol–water partition coefficient (Wildman–Crippen LogP) is 2.74. The molecule has 0 fully saturated rings. The molecule has 2 nitrogen and oxygen atoms in total. The Bertz CT molecular complexity index is 602. The van der Waals surface area contributed by atoms with Gasteiger partial charge in [0.05, 0.1) is 13.2 Å². The Morgan fingerprint density at radius 2 is 1.52 bits per heavy atom. The lowest BCUT2D eigenvalue weighted by molar-refractivity contribution is 0.115. The highest BCUT2D eigenvalue weighted by atomic mass is 19.1. The van der Waals surface area contributed by atoms with Crippen LogP contribution in [0.2, 0.25) is 0 Å². The lowest BCUT2D eigenvalue weighted by Gasteiger charge is -2.31. The molecule has 0 aliphatic rings. The van der Waals surface area contributed by atoms with Crippen molar-refractivity contribution in [3.63, 3.8) is 0 Å². The molecule has 0 aromatic heterocycles. The molecule has 0 unspecified atom stereocenters. The van der Waals surface area contributed by atoms with Crippen molar-refractivity contribution in [2.45, 2.75) is 18.8 Å². The first-order valence-electron chi connectivity index (χ1n) is 6.74. The van der Waals surface area contributed by atoms with Gasteiger partial charge in [0.2, 0.25) is 0 Å². The van der Waals surface area contributed by atoms with Crippen molar-refractivity contribution in [1.29, 1.82) is 0 Å². The van der Waals surface area contributed by atoms with E-state index in [0.717, 1.165) is 5.56 Å². The highest BCUT2D eigenvalue weighted by Gasteiger charge is 2.33. The number of aliphatic hydroxyl groups excluding tert-OH is 2. The summed E-state index contributed by atoms with van der Waals surface area (Å²) in [6.07, 6.45) is -0.109. The lowest BCUT2D eigenvalue weighted by Crippen LogP contribution is -2.38. The van der Waals surface area contributed by atoms with Crippen molar-refractivity contribution in [3.05, 3.63) is 70.8 Å². The van der Waals surface area contributed by atoms with E-state index in [-0.39, 0.29) is 12.0 Å². The number of aryl methyl sites for hydroxylation is 1. The molecule has 0 saturated heterocycles. The largest absolute Gasteiger partial charge is 0.395 e. The van der Waals surface area contributed by atoms with Gasteiger partial charge in [0, 0.05) is 11.0 Å². The fraction of sp³-hybridized carbons (Fsp3) is 0.294. The number of rotatable bonds is 5. The number of aliphatic hydroxyl groups is 2. The first-order valence-corrected chi connectivity index (χ1v) is 6.74. The molecule has 0 aliphatic heterocycles. The van der Waals surface area contributed by atoms with Crippen molar-refractivity contribution in [1.82, 2.24) is 0 Å². The van der Waals surface area contributed by atoms with Gasteiger partial charge in [0.1, 0.15) is 11.6 Å². The molecule has 0 amide bonds. The van der Waals surface area contributed by atoms with Crippen LogP contribution in [0, 0.1) is 18.6 Å². The molecule has 2 rings (SSSR count). The summed E-state index contributed by atoms with van der Waals surface area (Å²) in [5.74, 6) is -1.34. The van der Waals surface area contributed by atoms with E-state index in [1.165, 1.54) is 18.2 Å². The summed E-state index contributed by atoms with van der Waals surface area (Å²) < 4.78 is 27.7. The molecule has 0 spiro atoms. The second kappa shape index (κ2) is 6.33. The molecule has 0 aliphatic carbocycles. The molecule has 0 bridgehead atoms. The second-order valence-corrected chi connectivity index (χ2v) is 5.34. The Kier molecular flexibility index (Phi) is 4.70. The minimum atomic E-state index is -1.12. The molecule has 0 saturated carbocycles. The van der Waals surface area contributed by atoms with Gasteiger partial charge in [-0.1, -0.05) is 35.9 Å². The molecule has 0 atom stereocenters. The molecule has 2 N–H and O–H groups in total. The molecular weight excluding hydrogens is 274 g/mol. The first kappa shape index (κ1) is 15.6. The van der Waals surface area contributed by atoms with E-state index in [1.807, 2.05) is 19.1 Å². The van der Waals surface area contributed by atoms with Crippen LogP contribution < -0.4 is 0 Å². The molecule has 4 heteroatoms.